The number of nitrogens with zero attached hydrogens (tertiary/aromatic N) is 3. The number of benzene rings is 1. The summed E-state index contributed by atoms with van der Waals surface area (Å²) in [5.41, 5.74) is 2.51. The Balaban J connectivity index is 1.27. The first-order valence-corrected chi connectivity index (χ1v) is 8.98. The highest BCUT2D eigenvalue weighted by molar-refractivity contribution is 5.89. The second-order valence-corrected chi connectivity index (χ2v) is 6.65. The van der Waals surface area contributed by atoms with Gasteiger partial charge in [-0.05, 0) is 23.8 Å². The van der Waals surface area contributed by atoms with E-state index in [0.717, 1.165) is 16.7 Å². The van der Waals surface area contributed by atoms with Crippen molar-refractivity contribution in [2.75, 3.05) is 13.1 Å². The molecular weight excluding hydrogens is 344 g/mol. The van der Waals surface area contributed by atoms with E-state index in [1.54, 1.807) is 17.3 Å². The van der Waals surface area contributed by atoms with Crippen molar-refractivity contribution in [1.82, 2.24) is 20.2 Å². The maximum absolute atomic E-state index is 12.4. The topological polar surface area (TPSA) is 88.3 Å². The third kappa shape index (κ3) is 3.97. The lowest BCUT2D eigenvalue weighted by Crippen LogP contribution is -2.34. The Kier molecular flexibility index (Phi) is 4.82. The van der Waals surface area contributed by atoms with Crippen molar-refractivity contribution in [3.63, 3.8) is 0 Å². The lowest BCUT2D eigenvalue weighted by molar-refractivity contribution is -0.129. The van der Waals surface area contributed by atoms with Gasteiger partial charge in [0.15, 0.2) is 11.5 Å². The molecule has 7 heteroatoms. The van der Waals surface area contributed by atoms with Gasteiger partial charge in [-0.1, -0.05) is 18.2 Å². The van der Waals surface area contributed by atoms with Crippen LogP contribution in [-0.4, -0.2) is 39.8 Å². The number of carbonyl (C=O) groups is 2. The Morgan fingerprint density at radius 2 is 2.15 bits per heavy atom. The number of pyridine rings is 1. The number of fused-ring (bicyclic) bond motifs is 1. The van der Waals surface area contributed by atoms with Crippen molar-refractivity contribution in [2.45, 2.75) is 19.4 Å². The standard InChI is InChI=1S/C20H20N4O3/c25-19-10-15(13-24(19)12-14-4-3-8-21-11-14)20(26)22-9-7-18-23-16-5-1-2-6-17(16)27-18/h1-6,8,11,15H,7,9-10,12-13H2,(H,22,26)/t15-/m0/s1. The fourth-order valence-electron chi connectivity index (χ4n) is 3.28. The average molecular weight is 364 g/mol. The zero-order valence-corrected chi connectivity index (χ0v) is 14.8. The van der Waals surface area contributed by atoms with Crippen molar-refractivity contribution in [3.05, 3.63) is 60.2 Å². The van der Waals surface area contributed by atoms with E-state index in [9.17, 15) is 9.59 Å². The van der Waals surface area contributed by atoms with Crippen molar-refractivity contribution in [1.29, 1.82) is 0 Å². The fourth-order valence-corrected chi connectivity index (χ4v) is 3.28. The van der Waals surface area contributed by atoms with Crippen LogP contribution in [0.2, 0.25) is 0 Å². The van der Waals surface area contributed by atoms with Crippen LogP contribution in [-0.2, 0) is 22.6 Å². The highest BCUT2D eigenvalue weighted by Gasteiger charge is 2.34. The number of amides is 2. The summed E-state index contributed by atoms with van der Waals surface area (Å²) in [6.45, 7) is 1.35. The molecule has 1 aromatic carbocycles. The van der Waals surface area contributed by atoms with Gasteiger partial charge >= 0.3 is 0 Å². The van der Waals surface area contributed by atoms with Gasteiger partial charge in [0.1, 0.15) is 5.52 Å². The summed E-state index contributed by atoms with van der Waals surface area (Å²) in [4.78, 5) is 34.7. The summed E-state index contributed by atoms with van der Waals surface area (Å²) in [6, 6.07) is 11.3. The van der Waals surface area contributed by atoms with Crippen LogP contribution in [0.3, 0.4) is 0 Å². The van der Waals surface area contributed by atoms with Crippen LogP contribution < -0.4 is 5.32 Å². The van der Waals surface area contributed by atoms with Crippen LogP contribution in [0.4, 0.5) is 0 Å². The second kappa shape index (κ2) is 7.57. The summed E-state index contributed by atoms with van der Waals surface area (Å²) in [7, 11) is 0. The molecule has 1 saturated heterocycles. The SMILES string of the molecule is O=C(NCCc1nc2ccccc2o1)[C@H]1CC(=O)N(Cc2cccnc2)C1. The summed E-state index contributed by atoms with van der Waals surface area (Å²) in [5.74, 6) is 0.168. The van der Waals surface area contributed by atoms with Gasteiger partial charge in [0, 0.05) is 44.9 Å². The number of oxazole rings is 1. The number of hydrogen-bond acceptors (Lipinski definition) is 5. The molecule has 1 N–H and O–H groups in total. The first-order chi connectivity index (χ1) is 13.2. The fraction of sp³-hybridized carbons (Fsp3) is 0.300. The van der Waals surface area contributed by atoms with Crippen molar-refractivity contribution < 1.29 is 14.0 Å². The van der Waals surface area contributed by atoms with Crippen LogP contribution in [0.1, 0.15) is 17.9 Å². The van der Waals surface area contributed by atoms with Crippen molar-refractivity contribution >= 4 is 22.9 Å². The number of rotatable bonds is 6. The summed E-state index contributed by atoms with van der Waals surface area (Å²) in [6.07, 6.45) is 4.19. The lowest BCUT2D eigenvalue weighted by atomic mass is 10.1. The number of carbonyl (C=O) groups excluding carboxylic acids is 2. The van der Waals surface area contributed by atoms with E-state index in [1.165, 1.54) is 0 Å². The van der Waals surface area contributed by atoms with Crippen molar-refractivity contribution in [2.24, 2.45) is 5.92 Å². The van der Waals surface area contributed by atoms with Gasteiger partial charge in [-0.2, -0.15) is 0 Å². The van der Waals surface area contributed by atoms with E-state index in [2.05, 4.69) is 15.3 Å². The number of aromatic nitrogens is 2. The van der Waals surface area contributed by atoms with E-state index >= 15 is 0 Å². The van der Waals surface area contributed by atoms with Gasteiger partial charge in [0.25, 0.3) is 0 Å². The molecule has 7 nitrogen and oxygen atoms in total. The molecular formula is C20H20N4O3. The molecule has 1 fully saturated rings. The van der Waals surface area contributed by atoms with Crippen LogP contribution in [0, 0.1) is 5.92 Å². The minimum atomic E-state index is -0.321. The first kappa shape index (κ1) is 17.2. The summed E-state index contributed by atoms with van der Waals surface area (Å²) >= 11 is 0. The van der Waals surface area contributed by atoms with E-state index in [-0.39, 0.29) is 24.2 Å². The Labute approximate surface area is 156 Å². The molecule has 1 aliphatic rings. The molecule has 2 aromatic heterocycles. The molecule has 1 aliphatic heterocycles. The maximum Gasteiger partial charge on any atom is 0.225 e. The van der Waals surface area contributed by atoms with Gasteiger partial charge in [-0.15, -0.1) is 0 Å². The molecule has 4 rings (SSSR count). The third-order valence-electron chi connectivity index (χ3n) is 4.66. The zero-order chi connectivity index (χ0) is 18.6. The minimum absolute atomic E-state index is 0.00189. The monoisotopic (exact) mass is 364 g/mol. The molecule has 0 unspecified atom stereocenters. The van der Waals surface area contributed by atoms with Crippen LogP contribution in [0.15, 0.2) is 53.2 Å². The second-order valence-electron chi connectivity index (χ2n) is 6.65. The number of likely N-dealkylation sites (tertiary alicyclic amines) is 1. The maximum atomic E-state index is 12.4. The van der Waals surface area contributed by atoms with Gasteiger partial charge in [-0.25, -0.2) is 4.98 Å². The average Bonchev–Trinajstić information content (AvgIpc) is 3.26. The minimum Gasteiger partial charge on any atom is -0.441 e. The van der Waals surface area contributed by atoms with Crippen LogP contribution >= 0.6 is 0 Å². The molecule has 0 spiro atoms. The van der Waals surface area contributed by atoms with Crippen LogP contribution in [0.25, 0.3) is 11.1 Å². The predicted molar refractivity (Wildman–Crippen MR) is 98.5 cm³/mol. The summed E-state index contributed by atoms with van der Waals surface area (Å²) in [5, 5.41) is 2.89. The third-order valence-corrected chi connectivity index (χ3v) is 4.66. The van der Waals surface area contributed by atoms with Crippen molar-refractivity contribution in [3.8, 4) is 0 Å². The molecule has 3 heterocycles. The Hall–Kier alpha value is -3.22. The van der Waals surface area contributed by atoms with Gasteiger partial charge in [0.2, 0.25) is 11.8 Å². The zero-order valence-electron chi connectivity index (χ0n) is 14.8. The molecule has 27 heavy (non-hydrogen) atoms. The normalized spacial score (nSPS) is 16.8. The van der Waals surface area contributed by atoms with E-state index in [1.807, 2.05) is 36.4 Å². The Bertz CT molecular complexity index is 921. The molecule has 3 aromatic rings. The molecule has 0 aliphatic carbocycles. The number of hydrogen-bond donors (Lipinski definition) is 1. The quantitative estimate of drug-likeness (QED) is 0.722. The molecule has 0 bridgehead atoms. The molecule has 0 radical (unpaired) electrons. The summed E-state index contributed by atoms with van der Waals surface area (Å²) < 4.78 is 5.65. The number of para-hydroxylation sites is 2. The Morgan fingerprint density at radius 3 is 2.96 bits per heavy atom. The first-order valence-electron chi connectivity index (χ1n) is 8.98. The highest BCUT2D eigenvalue weighted by atomic mass is 16.3. The molecule has 138 valence electrons. The van der Waals surface area contributed by atoms with Gasteiger partial charge in [-0.3, -0.25) is 14.6 Å². The van der Waals surface area contributed by atoms with Gasteiger partial charge in [0.05, 0.1) is 5.92 Å². The molecule has 2 amide bonds. The predicted octanol–water partition coefficient (Wildman–Crippen LogP) is 1.93. The largest absolute Gasteiger partial charge is 0.441 e. The number of nitrogens with one attached hydrogen (secondary N) is 1. The Morgan fingerprint density at radius 1 is 1.26 bits per heavy atom. The molecule has 0 saturated carbocycles. The van der Waals surface area contributed by atoms with E-state index in [0.29, 0.717) is 31.9 Å². The van der Waals surface area contributed by atoms with E-state index in [4.69, 9.17) is 4.42 Å². The van der Waals surface area contributed by atoms with E-state index < -0.39 is 0 Å². The highest BCUT2D eigenvalue weighted by Crippen LogP contribution is 2.20. The lowest BCUT2D eigenvalue weighted by Gasteiger charge is -2.16. The van der Waals surface area contributed by atoms with Crippen LogP contribution in [0.5, 0.6) is 0 Å². The molecule has 1 atom stereocenters. The smallest absolute Gasteiger partial charge is 0.225 e. The van der Waals surface area contributed by atoms with Gasteiger partial charge < -0.3 is 14.6 Å².